The van der Waals surface area contributed by atoms with Crippen LogP contribution < -0.4 is 5.69 Å². The van der Waals surface area contributed by atoms with Gasteiger partial charge in [0, 0.05) is 31.1 Å². The average molecular weight is 360 g/mol. The summed E-state index contributed by atoms with van der Waals surface area (Å²) in [5, 5.41) is -0.105. The van der Waals surface area contributed by atoms with E-state index >= 15 is 0 Å². The highest BCUT2D eigenvalue weighted by Crippen LogP contribution is 2.39. The number of ether oxygens (including phenoxy) is 1. The van der Waals surface area contributed by atoms with Gasteiger partial charge in [-0.1, -0.05) is 15.9 Å². The topological polar surface area (TPSA) is 36.2 Å². The van der Waals surface area contributed by atoms with Gasteiger partial charge in [-0.2, -0.15) is 0 Å². The Morgan fingerprint density at radius 2 is 2.00 bits per heavy atom. The summed E-state index contributed by atoms with van der Waals surface area (Å²) in [5.41, 5.74) is 2.80. The zero-order chi connectivity index (χ0) is 14.4. The molecule has 2 unspecified atom stereocenters. The molecule has 4 nitrogen and oxygen atoms in total. The van der Waals surface area contributed by atoms with Crippen LogP contribution in [0.1, 0.15) is 17.4 Å². The normalized spacial score (nSPS) is 20.7. The molecule has 1 aliphatic heterocycles. The number of benzene rings is 1. The van der Waals surface area contributed by atoms with E-state index in [9.17, 15) is 4.79 Å². The number of imidazole rings is 1. The standard InChI is InChI=1S/C14H16BrClN2O2/c1-17-11-5-9(13(16)8-3-4-20-7-8)10(15)6-12(11)18(2)14(17)19/h5-6,8,13H,3-4,7H2,1-2H3. The van der Waals surface area contributed by atoms with Gasteiger partial charge in [-0.3, -0.25) is 9.13 Å². The van der Waals surface area contributed by atoms with Crippen LogP contribution in [0.25, 0.3) is 11.0 Å². The third-order valence-electron chi connectivity index (χ3n) is 4.07. The van der Waals surface area contributed by atoms with Crippen molar-refractivity contribution in [2.24, 2.45) is 20.0 Å². The number of alkyl halides is 1. The van der Waals surface area contributed by atoms with Crippen molar-refractivity contribution in [2.75, 3.05) is 13.2 Å². The van der Waals surface area contributed by atoms with Gasteiger partial charge in [0.05, 0.1) is 23.0 Å². The third kappa shape index (κ3) is 2.12. The zero-order valence-electron chi connectivity index (χ0n) is 11.4. The Kier molecular flexibility index (Phi) is 3.69. The maximum atomic E-state index is 12.0. The van der Waals surface area contributed by atoms with E-state index in [1.54, 1.807) is 23.2 Å². The fraction of sp³-hybridized carbons (Fsp3) is 0.500. The predicted octanol–water partition coefficient (Wildman–Crippen LogP) is 2.96. The molecule has 20 heavy (non-hydrogen) atoms. The van der Waals surface area contributed by atoms with Crippen LogP contribution in [0.15, 0.2) is 21.4 Å². The molecule has 1 fully saturated rings. The summed E-state index contributed by atoms with van der Waals surface area (Å²) in [5.74, 6) is 0.325. The van der Waals surface area contributed by atoms with Gasteiger partial charge < -0.3 is 4.74 Å². The van der Waals surface area contributed by atoms with Crippen LogP contribution in [-0.2, 0) is 18.8 Å². The fourth-order valence-corrected chi connectivity index (χ4v) is 3.87. The lowest BCUT2D eigenvalue weighted by molar-refractivity contribution is 0.185. The Bertz CT molecular complexity index is 716. The van der Waals surface area contributed by atoms with Crippen molar-refractivity contribution in [3.63, 3.8) is 0 Å². The second kappa shape index (κ2) is 5.20. The van der Waals surface area contributed by atoms with Crippen LogP contribution in [0.5, 0.6) is 0 Å². The van der Waals surface area contributed by atoms with Crippen LogP contribution in [-0.4, -0.2) is 22.3 Å². The van der Waals surface area contributed by atoms with Gasteiger partial charge in [0.15, 0.2) is 0 Å². The summed E-state index contributed by atoms with van der Waals surface area (Å²) >= 11 is 10.2. The minimum atomic E-state index is -0.105. The SMILES string of the molecule is Cn1c(=O)n(C)c2cc(C(Cl)C3CCOC3)c(Br)cc21. The van der Waals surface area contributed by atoms with Gasteiger partial charge in [0.2, 0.25) is 0 Å². The van der Waals surface area contributed by atoms with E-state index in [2.05, 4.69) is 15.9 Å². The Morgan fingerprint density at radius 3 is 2.60 bits per heavy atom. The minimum absolute atomic E-state index is 0.0284. The first kappa shape index (κ1) is 14.2. The average Bonchev–Trinajstić information content (AvgIpc) is 3.03. The Labute approximate surface area is 130 Å². The number of nitrogens with zero attached hydrogens (tertiary/aromatic N) is 2. The van der Waals surface area contributed by atoms with Crippen LogP contribution in [0, 0.1) is 5.92 Å². The molecule has 0 bridgehead atoms. The molecule has 1 saturated heterocycles. The molecule has 0 amide bonds. The van der Waals surface area contributed by atoms with E-state index in [0.29, 0.717) is 12.5 Å². The molecule has 2 atom stereocenters. The highest BCUT2D eigenvalue weighted by molar-refractivity contribution is 9.10. The predicted molar refractivity (Wildman–Crippen MR) is 83.4 cm³/mol. The van der Waals surface area contributed by atoms with E-state index in [0.717, 1.165) is 34.1 Å². The summed E-state index contributed by atoms with van der Waals surface area (Å²) in [6, 6.07) is 3.98. The van der Waals surface area contributed by atoms with E-state index in [1.165, 1.54) is 0 Å². The molecule has 0 saturated carbocycles. The molecular weight excluding hydrogens is 344 g/mol. The van der Waals surface area contributed by atoms with E-state index < -0.39 is 0 Å². The molecule has 0 spiro atoms. The van der Waals surface area contributed by atoms with Crippen molar-refractivity contribution in [1.29, 1.82) is 0 Å². The Balaban J connectivity index is 2.14. The molecule has 0 aliphatic carbocycles. The zero-order valence-corrected chi connectivity index (χ0v) is 13.7. The molecular formula is C14H16BrClN2O2. The number of fused-ring (bicyclic) bond motifs is 1. The smallest absolute Gasteiger partial charge is 0.328 e. The van der Waals surface area contributed by atoms with Crippen molar-refractivity contribution in [3.8, 4) is 0 Å². The number of hydrogen-bond donors (Lipinski definition) is 0. The van der Waals surface area contributed by atoms with E-state index in [1.807, 2.05) is 12.1 Å². The molecule has 6 heteroatoms. The maximum absolute atomic E-state index is 12.0. The maximum Gasteiger partial charge on any atom is 0.328 e. The number of rotatable bonds is 2. The Morgan fingerprint density at radius 1 is 1.35 bits per heavy atom. The van der Waals surface area contributed by atoms with Crippen molar-refractivity contribution in [1.82, 2.24) is 9.13 Å². The molecule has 2 aromatic rings. The van der Waals surface area contributed by atoms with Crippen molar-refractivity contribution in [3.05, 3.63) is 32.7 Å². The lowest BCUT2D eigenvalue weighted by Crippen LogP contribution is -2.19. The molecule has 0 radical (unpaired) electrons. The monoisotopic (exact) mass is 358 g/mol. The van der Waals surface area contributed by atoms with Gasteiger partial charge in [-0.25, -0.2) is 4.79 Å². The van der Waals surface area contributed by atoms with Crippen LogP contribution in [0.4, 0.5) is 0 Å². The summed E-state index contributed by atoms with van der Waals surface area (Å²) in [6.07, 6.45) is 0.979. The first-order chi connectivity index (χ1) is 9.50. The van der Waals surface area contributed by atoms with Crippen molar-refractivity contribution < 1.29 is 4.74 Å². The molecule has 108 valence electrons. The van der Waals surface area contributed by atoms with Gasteiger partial charge in [0.25, 0.3) is 0 Å². The van der Waals surface area contributed by atoms with Gasteiger partial charge >= 0.3 is 5.69 Å². The minimum Gasteiger partial charge on any atom is -0.381 e. The highest BCUT2D eigenvalue weighted by Gasteiger charge is 2.27. The number of halogens is 2. The lowest BCUT2D eigenvalue weighted by Gasteiger charge is -2.17. The largest absolute Gasteiger partial charge is 0.381 e. The quantitative estimate of drug-likeness (QED) is 0.773. The first-order valence-electron chi connectivity index (χ1n) is 6.57. The van der Waals surface area contributed by atoms with Crippen LogP contribution >= 0.6 is 27.5 Å². The molecule has 3 rings (SSSR count). The van der Waals surface area contributed by atoms with Gasteiger partial charge in [-0.15, -0.1) is 11.6 Å². The van der Waals surface area contributed by atoms with Crippen molar-refractivity contribution in [2.45, 2.75) is 11.8 Å². The van der Waals surface area contributed by atoms with E-state index in [4.69, 9.17) is 16.3 Å². The third-order valence-corrected chi connectivity index (χ3v) is 5.34. The molecule has 1 aromatic heterocycles. The van der Waals surface area contributed by atoms with Crippen LogP contribution in [0.2, 0.25) is 0 Å². The second-order valence-corrected chi connectivity index (χ2v) is 6.61. The van der Waals surface area contributed by atoms with E-state index in [-0.39, 0.29) is 11.1 Å². The summed E-state index contributed by atoms with van der Waals surface area (Å²) in [6.45, 7) is 1.48. The second-order valence-electron chi connectivity index (χ2n) is 5.29. The number of hydrogen-bond acceptors (Lipinski definition) is 2. The number of aromatic nitrogens is 2. The Hall–Kier alpha value is -0.780. The van der Waals surface area contributed by atoms with Gasteiger partial charge in [0.1, 0.15) is 0 Å². The molecule has 2 heterocycles. The van der Waals surface area contributed by atoms with Crippen molar-refractivity contribution >= 4 is 38.6 Å². The summed E-state index contributed by atoms with van der Waals surface area (Å²) in [4.78, 5) is 12.0. The molecule has 1 aromatic carbocycles. The first-order valence-corrected chi connectivity index (χ1v) is 7.80. The van der Waals surface area contributed by atoms with Crippen LogP contribution in [0.3, 0.4) is 0 Å². The highest BCUT2D eigenvalue weighted by atomic mass is 79.9. The van der Waals surface area contributed by atoms with Gasteiger partial charge in [-0.05, 0) is 24.1 Å². The summed E-state index contributed by atoms with van der Waals surface area (Å²) in [7, 11) is 3.56. The molecule has 1 aliphatic rings. The number of aryl methyl sites for hydroxylation is 2. The lowest BCUT2D eigenvalue weighted by atomic mass is 9.97. The molecule has 0 N–H and O–H groups in total. The summed E-state index contributed by atoms with van der Waals surface area (Å²) < 4.78 is 9.66. The fourth-order valence-electron chi connectivity index (χ4n) is 2.78.